The van der Waals surface area contributed by atoms with Crippen LogP contribution in [0.15, 0.2) is 0 Å². The second-order valence-electron chi connectivity index (χ2n) is 26.0. The molecule has 3 N–H and O–H groups in total. The van der Waals surface area contributed by atoms with Gasteiger partial charge in [-0.15, -0.1) is 0 Å². The van der Waals surface area contributed by atoms with E-state index in [9.17, 15) is 43.2 Å². The highest BCUT2D eigenvalue weighted by Crippen LogP contribution is 2.45. The minimum absolute atomic E-state index is 0.104. The van der Waals surface area contributed by atoms with Crippen LogP contribution >= 0.6 is 15.6 Å². The lowest BCUT2D eigenvalue weighted by Gasteiger charge is -2.21. The Balaban J connectivity index is 5.28. The van der Waals surface area contributed by atoms with Gasteiger partial charge in [0.2, 0.25) is 0 Å². The quantitative estimate of drug-likeness (QED) is 0.0222. The Morgan fingerprint density at radius 1 is 0.322 bits per heavy atom. The largest absolute Gasteiger partial charge is 0.472 e. The molecular formula is C68H132O17P2. The smallest absolute Gasteiger partial charge is 0.462 e. The van der Waals surface area contributed by atoms with Gasteiger partial charge in [-0.1, -0.05) is 280 Å². The molecule has 17 nitrogen and oxygen atoms in total. The molecule has 19 heteroatoms. The molecule has 0 aliphatic rings. The first kappa shape index (κ1) is 85.1. The first-order valence-electron chi connectivity index (χ1n) is 35.3. The third-order valence-corrected chi connectivity index (χ3v) is 18.2. The van der Waals surface area contributed by atoms with E-state index in [0.29, 0.717) is 25.7 Å². The molecule has 5 unspecified atom stereocenters. The molecule has 0 bridgehead atoms. The molecule has 0 rings (SSSR count). The van der Waals surface area contributed by atoms with Crippen LogP contribution in [0.4, 0.5) is 0 Å². The van der Waals surface area contributed by atoms with Crippen molar-refractivity contribution in [2.45, 2.75) is 350 Å². The highest BCUT2D eigenvalue weighted by atomic mass is 31.2. The number of rotatable bonds is 65. The van der Waals surface area contributed by atoms with Crippen molar-refractivity contribution in [3.63, 3.8) is 0 Å². The van der Waals surface area contributed by atoms with Crippen LogP contribution in [0.2, 0.25) is 0 Å². The maximum Gasteiger partial charge on any atom is 0.472 e. The number of phosphoric ester groups is 2. The van der Waals surface area contributed by atoms with Gasteiger partial charge in [-0.25, -0.2) is 9.13 Å². The summed E-state index contributed by atoms with van der Waals surface area (Å²) in [6, 6.07) is 0. The fourth-order valence-corrected chi connectivity index (χ4v) is 11.7. The predicted octanol–water partition coefficient (Wildman–Crippen LogP) is 18.9. The van der Waals surface area contributed by atoms with Crippen molar-refractivity contribution in [2.75, 3.05) is 39.6 Å². The van der Waals surface area contributed by atoms with Crippen LogP contribution in [0.5, 0.6) is 0 Å². The van der Waals surface area contributed by atoms with Crippen LogP contribution in [0.25, 0.3) is 0 Å². The molecule has 0 fully saturated rings. The number of phosphoric acid groups is 2. The SMILES string of the molecule is CCC(C)CCCCCCCCCCC(=O)OC[C@H](COP(=O)(O)OCC(O)COP(=O)(O)OC[C@@H](COC(=O)CCCCCCCCCCC(C)C)OC(=O)CCCCCCCCCCC(C)CC)OC(=O)CCCCCCCCCCCC(C)C. The number of aliphatic hydroxyl groups excluding tert-OH is 1. The van der Waals surface area contributed by atoms with Gasteiger partial charge in [0.05, 0.1) is 26.4 Å². The summed E-state index contributed by atoms with van der Waals surface area (Å²) in [5.74, 6) is 0.876. The second kappa shape index (κ2) is 57.9. The Kier molecular flexibility index (Phi) is 56.6. The fourth-order valence-electron chi connectivity index (χ4n) is 10.1. The van der Waals surface area contributed by atoms with Crippen LogP contribution in [-0.2, 0) is 65.4 Å². The molecule has 0 saturated carbocycles. The average molecular weight is 1280 g/mol. The zero-order valence-corrected chi connectivity index (χ0v) is 58.4. The summed E-state index contributed by atoms with van der Waals surface area (Å²) in [5.41, 5.74) is 0. The topological polar surface area (TPSA) is 237 Å². The molecule has 7 atom stereocenters. The molecule has 0 spiro atoms. The summed E-state index contributed by atoms with van der Waals surface area (Å²) >= 11 is 0. The fraction of sp³-hybridized carbons (Fsp3) is 0.941. The summed E-state index contributed by atoms with van der Waals surface area (Å²) < 4.78 is 68.2. The van der Waals surface area contributed by atoms with Crippen LogP contribution in [-0.4, -0.2) is 96.7 Å². The van der Waals surface area contributed by atoms with E-state index in [1.807, 2.05) is 0 Å². The summed E-state index contributed by atoms with van der Waals surface area (Å²) in [7, 11) is -9.90. The van der Waals surface area contributed by atoms with E-state index in [1.54, 1.807) is 0 Å². The number of unbranched alkanes of at least 4 members (excludes halogenated alkanes) is 29. The average Bonchev–Trinajstić information content (AvgIpc) is 3.67. The molecule has 0 amide bonds. The minimum Gasteiger partial charge on any atom is -0.462 e. The van der Waals surface area contributed by atoms with Crippen molar-refractivity contribution in [1.29, 1.82) is 0 Å². The van der Waals surface area contributed by atoms with Crippen molar-refractivity contribution < 1.29 is 80.2 Å². The van der Waals surface area contributed by atoms with E-state index in [2.05, 4.69) is 55.4 Å². The van der Waals surface area contributed by atoms with Gasteiger partial charge in [-0.3, -0.25) is 37.3 Å². The number of ether oxygens (including phenoxy) is 4. The molecule has 516 valence electrons. The van der Waals surface area contributed by atoms with Gasteiger partial charge in [-0.2, -0.15) is 0 Å². The van der Waals surface area contributed by atoms with Gasteiger partial charge in [0, 0.05) is 25.7 Å². The Morgan fingerprint density at radius 2 is 0.552 bits per heavy atom. The molecule has 0 radical (unpaired) electrons. The molecule has 0 aromatic rings. The Morgan fingerprint density at radius 3 is 0.816 bits per heavy atom. The lowest BCUT2D eigenvalue weighted by Crippen LogP contribution is -2.30. The number of esters is 4. The molecule has 0 aromatic carbocycles. The van der Waals surface area contributed by atoms with Crippen LogP contribution < -0.4 is 0 Å². The lowest BCUT2D eigenvalue weighted by molar-refractivity contribution is -0.161. The van der Waals surface area contributed by atoms with Gasteiger partial charge in [-0.05, 0) is 49.4 Å². The van der Waals surface area contributed by atoms with Crippen molar-refractivity contribution in [2.24, 2.45) is 23.7 Å². The number of aliphatic hydroxyl groups is 1. The van der Waals surface area contributed by atoms with E-state index >= 15 is 0 Å². The highest BCUT2D eigenvalue weighted by Gasteiger charge is 2.30. The Labute approximate surface area is 530 Å². The van der Waals surface area contributed by atoms with Gasteiger partial charge in [0.15, 0.2) is 12.2 Å². The second-order valence-corrected chi connectivity index (χ2v) is 28.9. The first-order valence-corrected chi connectivity index (χ1v) is 38.3. The zero-order valence-electron chi connectivity index (χ0n) is 56.6. The highest BCUT2D eigenvalue weighted by molar-refractivity contribution is 7.47. The first-order chi connectivity index (χ1) is 41.7. The van der Waals surface area contributed by atoms with Crippen molar-refractivity contribution in [3.05, 3.63) is 0 Å². The number of hydrogen-bond acceptors (Lipinski definition) is 15. The predicted molar refractivity (Wildman–Crippen MR) is 349 cm³/mol. The molecule has 87 heavy (non-hydrogen) atoms. The molecule has 0 aliphatic heterocycles. The summed E-state index contributed by atoms with van der Waals surface area (Å²) in [4.78, 5) is 72.5. The molecular weight excluding hydrogens is 1150 g/mol. The molecule has 0 saturated heterocycles. The van der Waals surface area contributed by atoms with Crippen LogP contribution in [0.3, 0.4) is 0 Å². The Hall–Kier alpha value is -1.94. The van der Waals surface area contributed by atoms with E-state index < -0.39 is 97.5 Å². The number of carbonyl (C=O) groups excluding carboxylic acids is 4. The van der Waals surface area contributed by atoms with Gasteiger partial charge < -0.3 is 33.8 Å². The van der Waals surface area contributed by atoms with E-state index in [4.69, 9.17) is 37.0 Å². The minimum atomic E-state index is -4.95. The van der Waals surface area contributed by atoms with Crippen LogP contribution in [0.1, 0.15) is 331 Å². The summed E-state index contributed by atoms with van der Waals surface area (Å²) in [6.07, 6.45) is 38.8. The lowest BCUT2D eigenvalue weighted by atomic mass is 9.99. The molecule has 0 aliphatic carbocycles. The Bertz CT molecular complexity index is 1730. The zero-order chi connectivity index (χ0) is 64.7. The van der Waals surface area contributed by atoms with E-state index in [-0.39, 0.29) is 25.7 Å². The van der Waals surface area contributed by atoms with Crippen molar-refractivity contribution >= 4 is 39.5 Å². The third kappa shape index (κ3) is 60.1. The van der Waals surface area contributed by atoms with Crippen LogP contribution in [0, 0.1) is 23.7 Å². The summed E-state index contributed by atoms with van der Waals surface area (Å²) in [6.45, 7) is 14.1. The van der Waals surface area contributed by atoms with Gasteiger partial charge in [0.25, 0.3) is 0 Å². The number of carbonyl (C=O) groups is 4. The van der Waals surface area contributed by atoms with Crippen molar-refractivity contribution in [1.82, 2.24) is 0 Å². The maximum atomic E-state index is 13.0. The van der Waals surface area contributed by atoms with E-state index in [0.717, 1.165) is 114 Å². The van der Waals surface area contributed by atoms with Gasteiger partial charge in [0.1, 0.15) is 19.3 Å². The third-order valence-electron chi connectivity index (χ3n) is 16.3. The normalized spacial score (nSPS) is 15.0. The molecule has 0 heterocycles. The standard InChI is InChI=1S/C68H132O17P2/c1-9-60(7)46-38-30-22-15-18-25-33-41-49-66(71)79-54-63(84-67(72)50-42-34-26-13-11-12-20-28-36-44-58(3)4)56-82-86(74,75)80-52-62(69)53-81-87(76,77)83-57-64(55-78-65(70)48-40-32-24-17-14-21-29-37-45-59(5)6)85-68(73)51-43-35-27-19-16-23-31-39-47-61(8)10-2/h58-64,69H,9-57H2,1-8H3,(H,74,75)(H,76,77)/t60?,61?,62?,63-,64-/m1/s1. The molecule has 0 aromatic heterocycles. The summed E-state index contributed by atoms with van der Waals surface area (Å²) in [5, 5.41) is 10.6. The van der Waals surface area contributed by atoms with Crippen molar-refractivity contribution in [3.8, 4) is 0 Å². The van der Waals surface area contributed by atoms with Gasteiger partial charge >= 0.3 is 39.5 Å². The number of hydrogen-bond donors (Lipinski definition) is 3. The monoisotopic (exact) mass is 1280 g/mol. The van der Waals surface area contributed by atoms with E-state index in [1.165, 1.54) is 135 Å². The maximum absolute atomic E-state index is 13.0.